The average Bonchev–Trinajstić information content (AvgIpc) is 2.14. The van der Waals surface area contributed by atoms with Gasteiger partial charge in [0, 0.05) is 20.6 Å². The number of hydrogen-bond donors (Lipinski definition) is 3. The molecule has 86 valence electrons. The van der Waals surface area contributed by atoms with Gasteiger partial charge in [-0.25, -0.2) is 0 Å². The first-order valence-corrected chi connectivity index (χ1v) is 4.65. The number of rotatable bonds is 7. The number of ether oxygens (including phenoxy) is 2. The van der Waals surface area contributed by atoms with Crippen LogP contribution in [0.1, 0.15) is 13.3 Å². The summed E-state index contributed by atoms with van der Waals surface area (Å²) in [5.41, 5.74) is 0. The Morgan fingerprint density at radius 2 is 1.71 bits per heavy atom. The Morgan fingerprint density at radius 1 is 1.21 bits per heavy atom. The van der Waals surface area contributed by atoms with Crippen LogP contribution in [0, 0.1) is 0 Å². The second kappa shape index (κ2) is 7.14. The third kappa shape index (κ3) is 4.34. The van der Waals surface area contributed by atoms with E-state index >= 15 is 0 Å². The predicted molar refractivity (Wildman–Crippen MR) is 53.0 cm³/mol. The van der Waals surface area contributed by atoms with Crippen molar-refractivity contribution in [3.8, 4) is 0 Å². The van der Waals surface area contributed by atoms with Gasteiger partial charge >= 0.3 is 0 Å². The molecule has 0 spiro atoms. The Morgan fingerprint density at radius 3 is 2.00 bits per heavy atom. The van der Waals surface area contributed by atoms with E-state index < -0.39 is 18.5 Å². The van der Waals surface area contributed by atoms with Crippen LogP contribution in [0.2, 0.25) is 0 Å². The minimum Gasteiger partial charge on any atom is -0.392 e. The van der Waals surface area contributed by atoms with Gasteiger partial charge in [0.15, 0.2) is 6.29 Å². The summed E-state index contributed by atoms with van der Waals surface area (Å²) in [6.45, 7) is 1.62. The molecule has 0 saturated carbocycles. The fraction of sp³-hybridized carbons (Fsp3) is 1.00. The molecule has 0 aliphatic heterocycles. The van der Waals surface area contributed by atoms with Crippen molar-refractivity contribution in [2.75, 3.05) is 21.3 Å². The fourth-order valence-electron chi connectivity index (χ4n) is 1.39. The van der Waals surface area contributed by atoms with E-state index in [0.29, 0.717) is 6.42 Å². The van der Waals surface area contributed by atoms with Gasteiger partial charge in [-0.1, -0.05) is 0 Å². The molecule has 0 saturated heterocycles. The molecule has 5 heteroatoms. The molecule has 5 nitrogen and oxygen atoms in total. The predicted octanol–water partition coefficient (Wildman–Crippen LogP) is -0.675. The summed E-state index contributed by atoms with van der Waals surface area (Å²) in [6.07, 6.45) is -1.45. The van der Waals surface area contributed by atoms with Gasteiger partial charge in [-0.2, -0.15) is 0 Å². The van der Waals surface area contributed by atoms with Gasteiger partial charge in [-0.15, -0.1) is 0 Å². The molecule has 0 aliphatic rings. The van der Waals surface area contributed by atoms with E-state index in [0.717, 1.165) is 0 Å². The highest BCUT2D eigenvalue weighted by Crippen LogP contribution is 2.09. The molecule has 3 N–H and O–H groups in total. The fourth-order valence-corrected chi connectivity index (χ4v) is 1.39. The first kappa shape index (κ1) is 13.8. The zero-order chi connectivity index (χ0) is 11.1. The van der Waals surface area contributed by atoms with Gasteiger partial charge < -0.3 is 25.0 Å². The molecule has 0 aromatic carbocycles. The SMILES string of the molecule is CN[C@H]([C@H](C)O)[C@@H](O)CC(OC)OC. The van der Waals surface area contributed by atoms with E-state index in [9.17, 15) is 10.2 Å². The summed E-state index contributed by atoms with van der Waals surface area (Å²) in [5, 5.41) is 21.9. The van der Waals surface area contributed by atoms with E-state index in [1.165, 1.54) is 14.2 Å². The zero-order valence-electron chi connectivity index (χ0n) is 9.23. The Kier molecular flexibility index (Phi) is 7.04. The molecule has 0 aromatic rings. The van der Waals surface area contributed by atoms with Crippen LogP contribution in [0.4, 0.5) is 0 Å². The Bertz CT molecular complexity index is 139. The lowest BCUT2D eigenvalue weighted by Gasteiger charge is -2.27. The Hall–Kier alpha value is -0.200. The molecule has 0 radical (unpaired) electrons. The van der Waals surface area contributed by atoms with Crippen molar-refractivity contribution < 1.29 is 19.7 Å². The van der Waals surface area contributed by atoms with E-state index in [1.54, 1.807) is 14.0 Å². The van der Waals surface area contributed by atoms with Crippen molar-refractivity contribution in [2.45, 2.75) is 37.9 Å². The van der Waals surface area contributed by atoms with E-state index in [1.807, 2.05) is 0 Å². The second-order valence-electron chi connectivity index (χ2n) is 3.26. The van der Waals surface area contributed by atoms with Crippen molar-refractivity contribution in [3.05, 3.63) is 0 Å². The van der Waals surface area contributed by atoms with Gasteiger partial charge in [0.2, 0.25) is 0 Å². The summed E-state index contributed by atoms with van der Waals surface area (Å²) < 4.78 is 9.91. The highest BCUT2D eigenvalue weighted by atomic mass is 16.7. The lowest BCUT2D eigenvalue weighted by atomic mass is 10.0. The molecule has 0 fully saturated rings. The monoisotopic (exact) mass is 207 g/mol. The van der Waals surface area contributed by atoms with Crippen molar-refractivity contribution in [3.63, 3.8) is 0 Å². The van der Waals surface area contributed by atoms with Gasteiger partial charge in [0.25, 0.3) is 0 Å². The summed E-state index contributed by atoms with van der Waals surface area (Å²) in [4.78, 5) is 0. The van der Waals surface area contributed by atoms with Gasteiger partial charge in [0.1, 0.15) is 0 Å². The molecule has 0 unspecified atom stereocenters. The van der Waals surface area contributed by atoms with Crippen LogP contribution in [-0.4, -0.2) is 56.0 Å². The molecule has 0 bridgehead atoms. The normalized spacial score (nSPS) is 18.2. The quantitative estimate of drug-likeness (QED) is 0.483. The van der Waals surface area contributed by atoms with Crippen LogP contribution < -0.4 is 5.32 Å². The van der Waals surface area contributed by atoms with Crippen molar-refractivity contribution in [2.24, 2.45) is 0 Å². The van der Waals surface area contributed by atoms with Crippen LogP contribution in [0.5, 0.6) is 0 Å². The third-order valence-corrected chi connectivity index (χ3v) is 2.23. The summed E-state index contributed by atoms with van der Waals surface area (Å²) in [5.74, 6) is 0. The zero-order valence-corrected chi connectivity index (χ0v) is 9.23. The van der Waals surface area contributed by atoms with Crippen molar-refractivity contribution in [1.82, 2.24) is 5.32 Å². The highest BCUT2D eigenvalue weighted by Gasteiger charge is 2.25. The van der Waals surface area contributed by atoms with Gasteiger partial charge in [-0.3, -0.25) is 0 Å². The molecule has 0 rings (SSSR count). The van der Waals surface area contributed by atoms with Crippen LogP contribution in [-0.2, 0) is 9.47 Å². The van der Waals surface area contributed by atoms with E-state index in [-0.39, 0.29) is 6.04 Å². The number of aliphatic hydroxyl groups is 2. The third-order valence-electron chi connectivity index (χ3n) is 2.23. The Balaban J connectivity index is 4.08. The number of likely N-dealkylation sites (N-methyl/N-ethyl adjacent to an activating group) is 1. The molecule has 0 aromatic heterocycles. The van der Waals surface area contributed by atoms with Gasteiger partial charge in [-0.05, 0) is 14.0 Å². The molecule has 3 atom stereocenters. The van der Waals surface area contributed by atoms with E-state index in [4.69, 9.17) is 9.47 Å². The Labute approximate surface area is 85.0 Å². The largest absolute Gasteiger partial charge is 0.392 e. The molecule has 14 heavy (non-hydrogen) atoms. The number of aliphatic hydroxyl groups excluding tert-OH is 2. The second-order valence-corrected chi connectivity index (χ2v) is 3.26. The molecule has 0 amide bonds. The lowest BCUT2D eigenvalue weighted by Crippen LogP contribution is -2.47. The molecular formula is C9H21NO4. The van der Waals surface area contributed by atoms with Crippen molar-refractivity contribution >= 4 is 0 Å². The van der Waals surface area contributed by atoms with Crippen LogP contribution >= 0.6 is 0 Å². The molecule has 0 aliphatic carbocycles. The summed E-state index contributed by atoms with van der Waals surface area (Å²) in [6, 6.07) is -0.372. The number of hydrogen-bond acceptors (Lipinski definition) is 5. The molecular weight excluding hydrogens is 186 g/mol. The first-order valence-electron chi connectivity index (χ1n) is 4.65. The van der Waals surface area contributed by atoms with Crippen LogP contribution in [0.15, 0.2) is 0 Å². The minimum atomic E-state index is -0.704. The van der Waals surface area contributed by atoms with E-state index in [2.05, 4.69) is 5.32 Å². The maximum Gasteiger partial charge on any atom is 0.159 e. The van der Waals surface area contributed by atoms with Crippen LogP contribution in [0.25, 0.3) is 0 Å². The standard InChI is InChI=1S/C9H21NO4/c1-6(11)9(10-2)7(12)5-8(13-3)14-4/h6-12H,5H2,1-4H3/t6-,7-,9+/m0/s1. The van der Waals surface area contributed by atoms with Crippen molar-refractivity contribution in [1.29, 1.82) is 0 Å². The number of methoxy groups -OCH3 is 2. The summed E-state index contributed by atoms with van der Waals surface area (Å²) >= 11 is 0. The van der Waals surface area contributed by atoms with Gasteiger partial charge in [0.05, 0.1) is 18.2 Å². The highest BCUT2D eigenvalue weighted by molar-refractivity contribution is 4.79. The number of nitrogens with one attached hydrogen (secondary N) is 1. The average molecular weight is 207 g/mol. The lowest BCUT2D eigenvalue weighted by molar-refractivity contribution is -0.128. The topological polar surface area (TPSA) is 71.0 Å². The summed E-state index contributed by atoms with van der Waals surface area (Å²) in [7, 11) is 4.71. The van der Waals surface area contributed by atoms with Crippen LogP contribution in [0.3, 0.4) is 0 Å². The maximum atomic E-state index is 9.73. The minimum absolute atomic E-state index is 0.323. The maximum absolute atomic E-state index is 9.73. The first-order chi connectivity index (χ1) is 6.56. The molecule has 0 heterocycles. The smallest absolute Gasteiger partial charge is 0.159 e.